The molecular weight excluding hydrogens is 482 g/mol. The summed E-state index contributed by atoms with van der Waals surface area (Å²) in [5.41, 5.74) is 2.61. The number of esters is 2. The van der Waals surface area contributed by atoms with E-state index in [4.69, 9.17) is 14.6 Å². The molecule has 0 aromatic heterocycles. The molecule has 9 heteroatoms. The van der Waals surface area contributed by atoms with Crippen molar-refractivity contribution in [2.45, 2.75) is 62.4 Å². The summed E-state index contributed by atoms with van der Waals surface area (Å²) in [5.74, 6) is 0.461. The van der Waals surface area contributed by atoms with Gasteiger partial charge in [-0.25, -0.2) is 23.1 Å². The van der Waals surface area contributed by atoms with Crippen LogP contribution in [0.4, 0.5) is 0 Å². The van der Waals surface area contributed by atoms with E-state index in [0.717, 1.165) is 38.5 Å². The topological polar surface area (TPSA) is 133 Å². The summed E-state index contributed by atoms with van der Waals surface area (Å²) >= 11 is 0. The van der Waals surface area contributed by atoms with E-state index in [-0.39, 0.29) is 22.0 Å². The number of sulfonamides is 1. The highest BCUT2D eigenvalue weighted by Crippen LogP contribution is 2.61. The van der Waals surface area contributed by atoms with Gasteiger partial charge in [0, 0.05) is 5.41 Å². The third-order valence-electron chi connectivity index (χ3n) is 8.64. The number of primary sulfonamides is 1. The SMILES string of the molecule is C[C@]12CCC3c4ccc(O)cc4CCC3C1CC[C@@H]2OC(=O)COC(=O)c1ccc(S(N)(=O)=O)cc1. The van der Waals surface area contributed by atoms with Crippen LogP contribution in [0, 0.1) is 17.3 Å². The maximum Gasteiger partial charge on any atom is 0.344 e. The number of benzene rings is 2. The van der Waals surface area contributed by atoms with Crippen molar-refractivity contribution in [3.63, 3.8) is 0 Å². The molecular formula is C27H31NO7S. The first-order valence-corrected chi connectivity index (χ1v) is 13.9. The molecule has 2 aromatic carbocycles. The molecule has 5 rings (SSSR count). The maximum absolute atomic E-state index is 12.6. The Bertz CT molecular complexity index is 1290. The third-order valence-corrected chi connectivity index (χ3v) is 9.57. The van der Waals surface area contributed by atoms with Gasteiger partial charge in [0.25, 0.3) is 0 Å². The zero-order chi connectivity index (χ0) is 25.7. The molecule has 2 saturated carbocycles. The first-order valence-electron chi connectivity index (χ1n) is 12.4. The molecule has 0 aliphatic heterocycles. The highest BCUT2D eigenvalue weighted by molar-refractivity contribution is 7.89. The Morgan fingerprint density at radius 1 is 1.08 bits per heavy atom. The number of rotatable bonds is 5. The normalized spacial score (nSPS) is 28.9. The van der Waals surface area contributed by atoms with Crippen molar-refractivity contribution in [1.82, 2.24) is 0 Å². The molecule has 5 atom stereocenters. The van der Waals surface area contributed by atoms with Gasteiger partial charge in [0.15, 0.2) is 6.61 Å². The minimum atomic E-state index is -3.86. The number of aromatic hydroxyl groups is 1. The molecule has 0 saturated heterocycles. The molecule has 0 bridgehead atoms. The number of phenolic OH excluding ortho intramolecular Hbond substituents is 1. The van der Waals surface area contributed by atoms with Crippen molar-refractivity contribution in [2.24, 2.45) is 22.4 Å². The van der Waals surface area contributed by atoms with Gasteiger partial charge in [-0.1, -0.05) is 13.0 Å². The van der Waals surface area contributed by atoms with Crippen molar-refractivity contribution >= 4 is 22.0 Å². The van der Waals surface area contributed by atoms with E-state index < -0.39 is 28.6 Å². The molecule has 36 heavy (non-hydrogen) atoms. The van der Waals surface area contributed by atoms with Crippen molar-refractivity contribution in [1.29, 1.82) is 0 Å². The number of aryl methyl sites for hydroxylation is 1. The predicted molar refractivity (Wildman–Crippen MR) is 131 cm³/mol. The Kier molecular flexibility index (Phi) is 6.32. The number of hydrogen-bond donors (Lipinski definition) is 2. The summed E-state index contributed by atoms with van der Waals surface area (Å²) in [5, 5.41) is 14.9. The average Bonchev–Trinajstić information content (AvgIpc) is 3.17. The van der Waals surface area contributed by atoms with E-state index in [2.05, 4.69) is 13.0 Å². The molecule has 0 heterocycles. The lowest BCUT2D eigenvalue weighted by atomic mass is 9.55. The fourth-order valence-corrected chi connectivity index (χ4v) is 7.41. The molecule has 3 aliphatic rings. The van der Waals surface area contributed by atoms with Crippen LogP contribution < -0.4 is 5.14 Å². The van der Waals surface area contributed by atoms with E-state index in [1.807, 2.05) is 6.07 Å². The second-order valence-corrected chi connectivity index (χ2v) is 12.1. The molecule has 0 amide bonds. The number of carbonyl (C=O) groups excluding carboxylic acids is 2. The molecule has 3 aliphatic carbocycles. The van der Waals surface area contributed by atoms with Crippen molar-refractivity contribution < 1.29 is 32.6 Å². The number of nitrogens with two attached hydrogens (primary N) is 1. The van der Waals surface area contributed by atoms with Crippen LogP contribution in [0.15, 0.2) is 47.4 Å². The lowest BCUT2D eigenvalue weighted by Gasteiger charge is -2.50. The summed E-state index contributed by atoms with van der Waals surface area (Å²) < 4.78 is 33.7. The zero-order valence-corrected chi connectivity index (χ0v) is 21.0. The van der Waals surface area contributed by atoms with E-state index in [9.17, 15) is 23.1 Å². The largest absolute Gasteiger partial charge is 0.508 e. The van der Waals surface area contributed by atoms with Gasteiger partial charge >= 0.3 is 11.9 Å². The Morgan fingerprint density at radius 2 is 1.83 bits per heavy atom. The van der Waals surface area contributed by atoms with Crippen LogP contribution in [0.2, 0.25) is 0 Å². The molecule has 2 fully saturated rings. The van der Waals surface area contributed by atoms with Gasteiger partial charge in [-0.15, -0.1) is 0 Å². The van der Waals surface area contributed by atoms with E-state index in [1.165, 1.54) is 35.4 Å². The predicted octanol–water partition coefficient (Wildman–Crippen LogP) is 3.66. The monoisotopic (exact) mass is 513 g/mol. The van der Waals surface area contributed by atoms with Gasteiger partial charge in [-0.2, -0.15) is 0 Å². The Hall–Kier alpha value is -2.91. The van der Waals surface area contributed by atoms with Crippen LogP contribution in [-0.2, 0) is 30.7 Å². The fourth-order valence-electron chi connectivity index (χ4n) is 6.90. The number of phenols is 1. The minimum absolute atomic E-state index is 0.112. The number of ether oxygens (including phenoxy) is 2. The molecule has 2 aromatic rings. The molecule has 192 valence electrons. The zero-order valence-electron chi connectivity index (χ0n) is 20.2. The molecule has 8 nitrogen and oxygen atoms in total. The van der Waals surface area contributed by atoms with Gasteiger partial charge < -0.3 is 14.6 Å². The molecule has 0 radical (unpaired) electrons. The number of fused-ring (bicyclic) bond motifs is 5. The maximum atomic E-state index is 12.6. The summed E-state index contributed by atoms with van der Waals surface area (Å²) in [6.45, 7) is 1.72. The van der Waals surface area contributed by atoms with Gasteiger partial charge in [0.05, 0.1) is 10.5 Å². The Labute approximate surface area is 210 Å². The lowest BCUT2D eigenvalue weighted by molar-refractivity contribution is -0.161. The Morgan fingerprint density at radius 3 is 2.56 bits per heavy atom. The molecule has 3 N–H and O–H groups in total. The summed E-state index contributed by atoms with van der Waals surface area (Å²) in [6, 6.07) is 10.8. The van der Waals surface area contributed by atoms with Gasteiger partial charge in [-0.3, -0.25) is 0 Å². The van der Waals surface area contributed by atoms with E-state index in [0.29, 0.717) is 23.5 Å². The quantitative estimate of drug-likeness (QED) is 0.583. The van der Waals surface area contributed by atoms with Crippen LogP contribution in [0.25, 0.3) is 0 Å². The number of carbonyl (C=O) groups is 2. The van der Waals surface area contributed by atoms with Crippen LogP contribution in [-0.4, -0.2) is 38.2 Å². The fraction of sp³-hybridized carbons (Fsp3) is 0.481. The highest BCUT2D eigenvalue weighted by atomic mass is 32.2. The molecule has 3 unspecified atom stereocenters. The smallest absolute Gasteiger partial charge is 0.344 e. The summed E-state index contributed by atoms with van der Waals surface area (Å²) in [7, 11) is -3.86. The Balaban J connectivity index is 1.19. The van der Waals surface area contributed by atoms with Crippen LogP contribution in [0.3, 0.4) is 0 Å². The summed E-state index contributed by atoms with van der Waals surface area (Å²) in [6.07, 6.45) is 5.57. The van der Waals surface area contributed by atoms with Crippen LogP contribution in [0.5, 0.6) is 5.75 Å². The van der Waals surface area contributed by atoms with Crippen molar-refractivity contribution in [2.75, 3.05) is 6.61 Å². The van der Waals surface area contributed by atoms with Gasteiger partial charge in [0.2, 0.25) is 10.0 Å². The highest BCUT2D eigenvalue weighted by Gasteiger charge is 2.56. The second kappa shape index (κ2) is 9.19. The second-order valence-electron chi connectivity index (χ2n) is 10.5. The summed E-state index contributed by atoms with van der Waals surface area (Å²) in [4.78, 5) is 24.8. The van der Waals surface area contributed by atoms with E-state index >= 15 is 0 Å². The van der Waals surface area contributed by atoms with E-state index in [1.54, 1.807) is 6.07 Å². The molecule has 0 spiro atoms. The number of hydrogen-bond acceptors (Lipinski definition) is 7. The van der Waals surface area contributed by atoms with Crippen molar-refractivity contribution in [3.8, 4) is 5.75 Å². The van der Waals surface area contributed by atoms with Gasteiger partial charge in [-0.05, 0) is 104 Å². The standard InChI is InChI=1S/C27H31NO7S/c1-27-13-12-21-20-9-5-18(29)14-17(20)4-8-22(21)23(27)10-11-24(27)35-25(30)15-34-26(31)16-2-6-19(7-3-16)36(28,32)33/h2-3,5-7,9,14,21-24,29H,4,8,10-13,15H2,1H3,(H2,28,32,33)/t21?,22?,23?,24-,27-/m0/s1. The third kappa shape index (κ3) is 4.50. The lowest BCUT2D eigenvalue weighted by Crippen LogP contribution is -2.45. The van der Waals surface area contributed by atoms with Crippen LogP contribution in [0.1, 0.15) is 66.4 Å². The minimum Gasteiger partial charge on any atom is -0.508 e. The van der Waals surface area contributed by atoms with Crippen LogP contribution >= 0.6 is 0 Å². The first kappa shape index (κ1) is 24.8. The van der Waals surface area contributed by atoms with Crippen molar-refractivity contribution in [3.05, 3.63) is 59.2 Å². The first-order chi connectivity index (χ1) is 17.1. The average molecular weight is 514 g/mol. The van der Waals surface area contributed by atoms with Gasteiger partial charge in [0.1, 0.15) is 11.9 Å².